The summed E-state index contributed by atoms with van der Waals surface area (Å²) >= 11 is 3.45. The first-order valence-electron chi connectivity index (χ1n) is 5.76. The molecule has 18 heavy (non-hydrogen) atoms. The highest BCUT2D eigenvalue weighted by Crippen LogP contribution is 2.21. The smallest absolute Gasteiger partial charge is 0.0458 e. The van der Waals surface area contributed by atoms with Crippen LogP contribution in [0.4, 0.5) is 5.69 Å². The molecule has 0 saturated carbocycles. The molecular formula is C14H16BrN3. The SMILES string of the molecule is CN(Cc1cccnc1)Cc1ccc(N)c(Br)c1. The van der Waals surface area contributed by atoms with Crippen LogP contribution in [0.2, 0.25) is 0 Å². The van der Waals surface area contributed by atoms with E-state index in [1.54, 1.807) is 6.20 Å². The molecule has 0 radical (unpaired) electrons. The summed E-state index contributed by atoms with van der Waals surface area (Å²) in [5.74, 6) is 0. The molecule has 1 aromatic carbocycles. The summed E-state index contributed by atoms with van der Waals surface area (Å²) < 4.78 is 0.953. The largest absolute Gasteiger partial charge is 0.398 e. The van der Waals surface area contributed by atoms with Gasteiger partial charge in [-0.2, -0.15) is 0 Å². The molecule has 0 unspecified atom stereocenters. The molecule has 94 valence electrons. The summed E-state index contributed by atoms with van der Waals surface area (Å²) in [5, 5.41) is 0. The Kier molecular flexibility index (Phi) is 4.33. The van der Waals surface area contributed by atoms with Gasteiger partial charge in [-0.05, 0) is 52.3 Å². The zero-order valence-electron chi connectivity index (χ0n) is 10.3. The van der Waals surface area contributed by atoms with Gasteiger partial charge in [-0.3, -0.25) is 9.88 Å². The summed E-state index contributed by atoms with van der Waals surface area (Å²) in [7, 11) is 2.09. The maximum Gasteiger partial charge on any atom is 0.0458 e. The number of pyridine rings is 1. The Balaban J connectivity index is 1.99. The van der Waals surface area contributed by atoms with Gasteiger partial charge in [0.05, 0.1) is 0 Å². The first kappa shape index (κ1) is 13.1. The van der Waals surface area contributed by atoms with Gasteiger partial charge in [-0.15, -0.1) is 0 Å². The molecule has 0 saturated heterocycles. The van der Waals surface area contributed by atoms with Crippen LogP contribution in [0.3, 0.4) is 0 Å². The molecule has 0 amide bonds. The molecule has 1 heterocycles. The normalized spacial score (nSPS) is 10.8. The third kappa shape index (κ3) is 3.55. The third-order valence-electron chi connectivity index (χ3n) is 2.69. The average Bonchev–Trinajstić information content (AvgIpc) is 2.35. The van der Waals surface area contributed by atoms with E-state index in [-0.39, 0.29) is 0 Å². The van der Waals surface area contributed by atoms with Crippen LogP contribution >= 0.6 is 15.9 Å². The van der Waals surface area contributed by atoms with Crippen molar-refractivity contribution in [2.45, 2.75) is 13.1 Å². The first-order chi connectivity index (χ1) is 8.65. The Bertz CT molecular complexity index is 514. The van der Waals surface area contributed by atoms with Gasteiger partial charge in [0.2, 0.25) is 0 Å². The second kappa shape index (κ2) is 5.98. The van der Waals surface area contributed by atoms with Crippen LogP contribution in [0.15, 0.2) is 47.2 Å². The quantitative estimate of drug-likeness (QED) is 0.883. The van der Waals surface area contributed by atoms with Gasteiger partial charge in [-0.1, -0.05) is 12.1 Å². The van der Waals surface area contributed by atoms with Crippen molar-refractivity contribution < 1.29 is 0 Å². The summed E-state index contributed by atoms with van der Waals surface area (Å²) in [6.45, 7) is 1.77. The van der Waals surface area contributed by atoms with Gasteiger partial charge in [0.15, 0.2) is 0 Å². The molecule has 2 N–H and O–H groups in total. The number of anilines is 1. The fraction of sp³-hybridized carbons (Fsp3) is 0.214. The molecule has 2 rings (SSSR count). The van der Waals surface area contributed by atoms with Crippen LogP contribution in [-0.2, 0) is 13.1 Å². The lowest BCUT2D eigenvalue weighted by atomic mass is 10.2. The number of hydrogen-bond donors (Lipinski definition) is 1. The Labute approximate surface area is 116 Å². The van der Waals surface area contributed by atoms with E-state index in [1.165, 1.54) is 11.1 Å². The van der Waals surface area contributed by atoms with Crippen LogP contribution in [0.5, 0.6) is 0 Å². The number of hydrogen-bond acceptors (Lipinski definition) is 3. The molecule has 3 nitrogen and oxygen atoms in total. The predicted molar refractivity (Wildman–Crippen MR) is 78.0 cm³/mol. The van der Waals surface area contributed by atoms with Gasteiger partial charge in [-0.25, -0.2) is 0 Å². The third-order valence-corrected chi connectivity index (χ3v) is 3.38. The Morgan fingerprint density at radius 3 is 2.67 bits per heavy atom. The van der Waals surface area contributed by atoms with Gasteiger partial charge in [0.25, 0.3) is 0 Å². The highest BCUT2D eigenvalue weighted by Gasteiger charge is 2.03. The number of nitrogens with two attached hydrogens (primary N) is 1. The topological polar surface area (TPSA) is 42.2 Å². The lowest BCUT2D eigenvalue weighted by Gasteiger charge is -2.17. The van der Waals surface area contributed by atoms with Crippen LogP contribution in [-0.4, -0.2) is 16.9 Å². The minimum absolute atomic E-state index is 0.772. The number of nitrogens with zero attached hydrogens (tertiary/aromatic N) is 2. The summed E-state index contributed by atoms with van der Waals surface area (Å²) in [6, 6.07) is 10.1. The highest BCUT2D eigenvalue weighted by molar-refractivity contribution is 9.10. The fourth-order valence-electron chi connectivity index (χ4n) is 1.84. The minimum atomic E-state index is 0.772. The van der Waals surface area contributed by atoms with Crippen molar-refractivity contribution in [1.82, 2.24) is 9.88 Å². The van der Waals surface area contributed by atoms with E-state index in [0.29, 0.717) is 0 Å². The van der Waals surface area contributed by atoms with E-state index in [9.17, 15) is 0 Å². The molecule has 0 spiro atoms. The van der Waals surface area contributed by atoms with Crippen molar-refractivity contribution in [3.63, 3.8) is 0 Å². The Hall–Kier alpha value is -1.39. The van der Waals surface area contributed by atoms with Crippen molar-refractivity contribution in [3.8, 4) is 0 Å². The van der Waals surface area contributed by atoms with E-state index < -0.39 is 0 Å². The Morgan fingerprint density at radius 1 is 1.22 bits per heavy atom. The van der Waals surface area contributed by atoms with Crippen molar-refractivity contribution in [1.29, 1.82) is 0 Å². The van der Waals surface area contributed by atoms with E-state index in [1.807, 2.05) is 18.3 Å². The summed E-state index contributed by atoms with van der Waals surface area (Å²) in [4.78, 5) is 6.36. The average molecular weight is 306 g/mol. The number of nitrogen functional groups attached to an aromatic ring is 1. The number of rotatable bonds is 4. The van der Waals surface area contributed by atoms with E-state index >= 15 is 0 Å². The zero-order chi connectivity index (χ0) is 13.0. The molecule has 2 aromatic rings. The van der Waals surface area contributed by atoms with Crippen LogP contribution in [0.25, 0.3) is 0 Å². The van der Waals surface area contributed by atoms with Gasteiger partial charge >= 0.3 is 0 Å². The zero-order valence-corrected chi connectivity index (χ0v) is 11.9. The summed E-state index contributed by atoms with van der Waals surface area (Å²) in [6.07, 6.45) is 3.69. The van der Waals surface area contributed by atoms with Gasteiger partial charge < -0.3 is 5.73 Å². The van der Waals surface area contributed by atoms with E-state index in [2.05, 4.69) is 51.1 Å². The molecule has 1 aromatic heterocycles. The molecule has 0 fully saturated rings. The second-order valence-corrected chi connectivity index (χ2v) is 5.24. The van der Waals surface area contributed by atoms with Crippen molar-refractivity contribution in [2.24, 2.45) is 0 Å². The fourth-order valence-corrected chi connectivity index (χ4v) is 2.27. The number of aromatic nitrogens is 1. The van der Waals surface area contributed by atoms with Crippen LogP contribution < -0.4 is 5.73 Å². The first-order valence-corrected chi connectivity index (χ1v) is 6.56. The van der Waals surface area contributed by atoms with E-state index in [0.717, 1.165) is 23.2 Å². The van der Waals surface area contributed by atoms with E-state index in [4.69, 9.17) is 5.73 Å². The van der Waals surface area contributed by atoms with Crippen LogP contribution in [0.1, 0.15) is 11.1 Å². The lowest BCUT2D eigenvalue weighted by Crippen LogP contribution is -2.17. The molecule has 0 bridgehead atoms. The van der Waals surface area contributed by atoms with Crippen molar-refractivity contribution >= 4 is 21.6 Å². The van der Waals surface area contributed by atoms with Crippen LogP contribution in [0, 0.1) is 0 Å². The molecule has 0 aliphatic rings. The molecule has 0 atom stereocenters. The molecule has 0 aliphatic carbocycles. The van der Waals surface area contributed by atoms with Crippen molar-refractivity contribution in [3.05, 3.63) is 58.3 Å². The molecule has 0 aliphatic heterocycles. The monoisotopic (exact) mass is 305 g/mol. The summed E-state index contributed by atoms with van der Waals surface area (Å²) in [5.41, 5.74) is 9.00. The standard InChI is InChI=1S/C14H16BrN3/c1-18(10-12-3-2-6-17-8-12)9-11-4-5-14(16)13(15)7-11/h2-8H,9-10,16H2,1H3. The van der Waals surface area contributed by atoms with Crippen molar-refractivity contribution in [2.75, 3.05) is 12.8 Å². The predicted octanol–water partition coefficient (Wildman–Crippen LogP) is 3.06. The minimum Gasteiger partial charge on any atom is -0.398 e. The number of halogens is 1. The Morgan fingerprint density at radius 2 is 2.00 bits per heavy atom. The highest BCUT2D eigenvalue weighted by atomic mass is 79.9. The maximum absolute atomic E-state index is 5.77. The maximum atomic E-state index is 5.77. The molecular weight excluding hydrogens is 290 g/mol. The lowest BCUT2D eigenvalue weighted by molar-refractivity contribution is 0.318. The second-order valence-electron chi connectivity index (χ2n) is 4.39. The van der Waals surface area contributed by atoms with Gasteiger partial charge in [0.1, 0.15) is 0 Å². The molecule has 4 heteroatoms. The number of benzene rings is 1. The van der Waals surface area contributed by atoms with Gasteiger partial charge in [0, 0.05) is 35.6 Å².